The first kappa shape index (κ1) is 28.2. The molecule has 1 atom stereocenters. The van der Waals surface area contributed by atoms with Gasteiger partial charge in [-0.3, -0.25) is 4.79 Å². The maximum absolute atomic E-state index is 14.0. The molecule has 0 radical (unpaired) electrons. The van der Waals surface area contributed by atoms with Crippen LogP contribution >= 0.6 is 11.6 Å². The number of hydrogen-bond donors (Lipinski definition) is 0. The molecule has 3 aromatic rings. The van der Waals surface area contributed by atoms with Crippen molar-refractivity contribution in [3.05, 3.63) is 52.2 Å². The fourth-order valence-corrected chi connectivity index (χ4v) is 7.10. The van der Waals surface area contributed by atoms with Crippen LogP contribution in [0.25, 0.3) is 5.65 Å². The molecule has 3 aliphatic rings. The Bertz CT molecular complexity index is 1550. The Hall–Kier alpha value is -2.89. The van der Waals surface area contributed by atoms with Gasteiger partial charge in [0.15, 0.2) is 15.5 Å². The quantitative estimate of drug-likeness (QED) is 0.402. The minimum atomic E-state index is -3.34. The summed E-state index contributed by atoms with van der Waals surface area (Å²) in [4.78, 5) is 25.5. The van der Waals surface area contributed by atoms with Gasteiger partial charge in [-0.25, -0.2) is 13.4 Å². The second kappa shape index (κ2) is 11.4. The summed E-state index contributed by atoms with van der Waals surface area (Å²) in [6.07, 6.45) is 4.94. The van der Waals surface area contributed by atoms with Crippen molar-refractivity contribution in [2.24, 2.45) is 5.92 Å². The monoisotopic (exact) mass is 600 g/mol. The SMILES string of the molecule is CCC1CN(c2cc(N3CCOCC3)n3nc([C@@H]4CCCCN4C(=O)c4cc(Cl)ccc4CS(C)(=O)=O)cc3n2)C1. The third kappa shape index (κ3) is 5.89. The van der Waals surface area contributed by atoms with Gasteiger partial charge in [0.1, 0.15) is 11.6 Å². The molecule has 5 heterocycles. The highest BCUT2D eigenvalue weighted by Gasteiger charge is 2.33. The van der Waals surface area contributed by atoms with E-state index >= 15 is 0 Å². The third-order valence-corrected chi connectivity index (χ3v) is 9.50. The van der Waals surface area contributed by atoms with Gasteiger partial charge < -0.3 is 19.4 Å². The number of anilines is 2. The number of sulfone groups is 1. The number of morpholine rings is 1. The van der Waals surface area contributed by atoms with E-state index in [0.29, 0.717) is 41.8 Å². The van der Waals surface area contributed by atoms with Crippen molar-refractivity contribution in [2.45, 2.75) is 44.4 Å². The zero-order chi connectivity index (χ0) is 28.7. The molecular formula is C29H37ClN6O4S. The van der Waals surface area contributed by atoms with E-state index in [1.54, 1.807) is 18.2 Å². The first-order chi connectivity index (χ1) is 19.7. The zero-order valence-corrected chi connectivity index (χ0v) is 25.2. The number of fused-ring (bicyclic) bond motifs is 1. The fraction of sp³-hybridized carbons (Fsp3) is 0.552. The van der Waals surface area contributed by atoms with Crippen molar-refractivity contribution in [3.63, 3.8) is 0 Å². The lowest BCUT2D eigenvalue weighted by Crippen LogP contribution is -2.47. The molecule has 2 aromatic heterocycles. The molecule has 10 nitrogen and oxygen atoms in total. The topological polar surface area (TPSA) is 100 Å². The standard InChI is InChI=1S/C29H37ClN6O4S/c1-3-20-17-34(18-20)26-16-28(33-10-12-40-13-11-33)36-27(31-26)15-24(32-36)25-6-4-5-9-35(25)29(37)23-14-22(30)8-7-21(23)19-41(2,38)39/h7-8,14-16,20,25H,3-6,9-13,17-19H2,1-2H3/t25-/m0/s1. The van der Waals surface area contributed by atoms with Crippen LogP contribution in [-0.2, 0) is 20.3 Å². The highest BCUT2D eigenvalue weighted by Crippen LogP contribution is 2.35. The molecule has 220 valence electrons. The summed E-state index contributed by atoms with van der Waals surface area (Å²) in [7, 11) is -3.34. The number of hydrogen-bond acceptors (Lipinski definition) is 8. The molecular weight excluding hydrogens is 564 g/mol. The van der Waals surface area contributed by atoms with Crippen molar-refractivity contribution >= 4 is 44.6 Å². The van der Waals surface area contributed by atoms with E-state index in [2.05, 4.69) is 22.8 Å². The molecule has 12 heteroatoms. The number of benzene rings is 1. The van der Waals surface area contributed by atoms with Crippen LogP contribution in [0.4, 0.5) is 11.6 Å². The average molecular weight is 601 g/mol. The number of nitrogens with zero attached hydrogens (tertiary/aromatic N) is 6. The highest BCUT2D eigenvalue weighted by molar-refractivity contribution is 7.89. The van der Waals surface area contributed by atoms with Crippen LogP contribution in [0.1, 0.15) is 60.3 Å². The molecule has 0 saturated carbocycles. The predicted molar refractivity (Wildman–Crippen MR) is 160 cm³/mol. The average Bonchev–Trinajstić information content (AvgIpc) is 3.36. The van der Waals surface area contributed by atoms with Gasteiger partial charge in [-0.05, 0) is 49.3 Å². The van der Waals surface area contributed by atoms with Crippen molar-refractivity contribution in [1.82, 2.24) is 19.5 Å². The molecule has 0 spiro atoms. The van der Waals surface area contributed by atoms with Crippen molar-refractivity contribution in [2.75, 3.05) is 62.0 Å². The number of aromatic nitrogens is 3. The molecule has 0 aliphatic carbocycles. The van der Waals surface area contributed by atoms with Gasteiger partial charge in [0.2, 0.25) is 0 Å². The summed E-state index contributed by atoms with van der Waals surface area (Å²) in [5.74, 6) is 2.19. The summed E-state index contributed by atoms with van der Waals surface area (Å²) in [6.45, 7) is 7.67. The van der Waals surface area contributed by atoms with E-state index in [1.165, 1.54) is 6.26 Å². The maximum Gasteiger partial charge on any atom is 0.254 e. The maximum atomic E-state index is 14.0. The molecule has 3 saturated heterocycles. The van der Waals surface area contributed by atoms with Gasteiger partial charge in [-0.15, -0.1) is 0 Å². The normalized spacial score (nSPS) is 20.5. The summed E-state index contributed by atoms with van der Waals surface area (Å²) in [5, 5.41) is 5.45. The van der Waals surface area contributed by atoms with E-state index in [-0.39, 0.29) is 17.7 Å². The molecule has 0 N–H and O–H groups in total. The number of likely N-dealkylation sites (tertiary alicyclic amines) is 1. The van der Waals surface area contributed by atoms with E-state index in [4.69, 9.17) is 26.4 Å². The van der Waals surface area contributed by atoms with E-state index < -0.39 is 9.84 Å². The van der Waals surface area contributed by atoms with Crippen LogP contribution in [-0.4, -0.2) is 86.0 Å². The van der Waals surface area contributed by atoms with Crippen molar-refractivity contribution in [1.29, 1.82) is 0 Å². The van der Waals surface area contributed by atoms with E-state index in [1.807, 2.05) is 15.5 Å². The van der Waals surface area contributed by atoms with Crippen LogP contribution in [0.5, 0.6) is 0 Å². The minimum Gasteiger partial charge on any atom is -0.378 e. The Balaban J connectivity index is 1.37. The van der Waals surface area contributed by atoms with E-state index in [9.17, 15) is 13.2 Å². The Labute approximate surface area is 246 Å². The van der Waals surface area contributed by atoms with Crippen molar-refractivity contribution < 1.29 is 17.9 Å². The number of halogens is 1. The summed E-state index contributed by atoms with van der Waals surface area (Å²) < 4.78 is 31.8. The fourth-order valence-electron chi connectivity index (χ4n) is 6.11. The van der Waals surface area contributed by atoms with Crippen molar-refractivity contribution in [3.8, 4) is 0 Å². The minimum absolute atomic E-state index is 0.219. The van der Waals surface area contributed by atoms with Crippen LogP contribution in [0.2, 0.25) is 5.02 Å². The zero-order valence-electron chi connectivity index (χ0n) is 23.6. The molecule has 3 aliphatic heterocycles. The summed E-state index contributed by atoms with van der Waals surface area (Å²) >= 11 is 6.28. The molecule has 41 heavy (non-hydrogen) atoms. The summed E-state index contributed by atoms with van der Waals surface area (Å²) in [5.41, 5.74) is 2.34. The number of carbonyl (C=O) groups is 1. The predicted octanol–water partition coefficient (Wildman–Crippen LogP) is 3.98. The van der Waals surface area contributed by atoms with Gasteiger partial charge in [0, 0.05) is 61.7 Å². The number of piperidine rings is 1. The Morgan fingerprint density at radius 1 is 1.07 bits per heavy atom. The molecule has 0 unspecified atom stereocenters. The Kier molecular flexibility index (Phi) is 7.86. The van der Waals surface area contributed by atoms with Crippen LogP contribution in [0, 0.1) is 5.92 Å². The summed E-state index contributed by atoms with van der Waals surface area (Å²) in [6, 6.07) is 8.74. The van der Waals surface area contributed by atoms with E-state index in [0.717, 1.165) is 74.8 Å². The molecule has 1 aromatic carbocycles. The second-order valence-corrected chi connectivity index (χ2v) is 14.0. The lowest BCUT2D eigenvalue weighted by molar-refractivity contribution is 0.0605. The smallest absolute Gasteiger partial charge is 0.254 e. The van der Waals surface area contributed by atoms with Crippen LogP contribution in [0.15, 0.2) is 30.3 Å². The van der Waals surface area contributed by atoms with Gasteiger partial charge in [-0.1, -0.05) is 24.6 Å². The number of carbonyl (C=O) groups excluding carboxylic acids is 1. The van der Waals surface area contributed by atoms with Gasteiger partial charge in [-0.2, -0.15) is 9.61 Å². The number of ether oxygens (including phenoxy) is 1. The molecule has 6 rings (SSSR count). The molecule has 1 amide bonds. The first-order valence-corrected chi connectivity index (χ1v) is 16.9. The molecule has 3 fully saturated rings. The van der Waals surface area contributed by atoms with Crippen LogP contribution < -0.4 is 9.80 Å². The third-order valence-electron chi connectivity index (χ3n) is 8.43. The number of amides is 1. The lowest BCUT2D eigenvalue weighted by atomic mass is 9.97. The van der Waals surface area contributed by atoms with Gasteiger partial charge in [0.25, 0.3) is 5.91 Å². The second-order valence-electron chi connectivity index (χ2n) is 11.5. The Morgan fingerprint density at radius 3 is 2.59 bits per heavy atom. The van der Waals surface area contributed by atoms with Gasteiger partial charge >= 0.3 is 0 Å². The lowest BCUT2D eigenvalue weighted by Gasteiger charge is -2.40. The largest absolute Gasteiger partial charge is 0.378 e. The molecule has 0 bridgehead atoms. The van der Waals surface area contributed by atoms with Crippen LogP contribution in [0.3, 0.4) is 0 Å². The van der Waals surface area contributed by atoms with Gasteiger partial charge in [0.05, 0.1) is 30.7 Å². The Morgan fingerprint density at radius 2 is 1.85 bits per heavy atom. The first-order valence-electron chi connectivity index (χ1n) is 14.5. The number of rotatable bonds is 7. The highest BCUT2D eigenvalue weighted by atomic mass is 35.5.